The summed E-state index contributed by atoms with van der Waals surface area (Å²) >= 11 is 6.31. The van der Waals surface area contributed by atoms with Gasteiger partial charge in [-0.2, -0.15) is 4.98 Å². The first-order chi connectivity index (χ1) is 19.9. The number of alkyl carbamates (subject to hydrolysis) is 1. The fourth-order valence-corrected chi connectivity index (χ4v) is 4.04. The second kappa shape index (κ2) is 12.7. The molecule has 1 unspecified atom stereocenters. The number of benzene rings is 2. The van der Waals surface area contributed by atoms with Gasteiger partial charge in [0.15, 0.2) is 0 Å². The van der Waals surface area contributed by atoms with E-state index in [0.29, 0.717) is 5.39 Å². The molecule has 4 rings (SSSR count). The van der Waals surface area contributed by atoms with Crippen LogP contribution < -0.4 is 26.2 Å². The number of hydrogen-bond donors (Lipinski definition) is 4. The molecular weight excluding hydrogens is 564 g/mol. The third-order valence-corrected chi connectivity index (χ3v) is 6.16. The molecule has 13 heteroatoms. The van der Waals surface area contributed by atoms with Gasteiger partial charge in [-0.05, 0) is 50.6 Å². The number of ether oxygens (including phenoxy) is 2. The topological polar surface area (TPSA) is 164 Å². The number of H-pyrrole nitrogens is 1. The Balaban J connectivity index is 1.52. The largest absolute Gasteiger partial charge is 0.467 e. The van der Waals surface area contributed by atoms with Gasteiger partial charge in [-0.1, -0.05) is 41.9 Å². The Kier molecular flexibility index (Phi) is 9.06. The third kappa shape index (κ3) is 7.61. The van der Waals surface area contributed by atoms with Crippen molar-refractivity contribution >= 4 is 46.2 Å². The number of nitrogens with zero attached hydrogens (tertiary/aromatic N) is 2. The molecule has 0 saturated carbocycles. The van der Waals surface area contributed by atoms with Gasteiger partial charge in [0.1, 0.15) is 16.8 Å². The van der Waals surface area contributed by atoms with Crippen LogP contribution in [-0.2, 0) is 4.74 Å². The Morgan fingerprint density at radius 2 is 1.79 bits per heavy atom. The van der Waals surface area contributed by atoms with Crippen LogP contribution in [0.25, 0.3) is 11.0 Å². The number of rotatable bonds is 8. The standard InChI is InChI=1S/C29H29ClN6O6/c1-29(2,3)42-28(40)32-15-22(16-8-6-5-7-9-16)34-24(37)17-10-11-20(30)21(13-17)33-25(38)19-12-18-14-31-27(41-4)36-23(18)35-26(19)39/h5-14,22H,15H2,1-4H3,(H,32,40)(H,33,38)(H,34,37)(H,31,35,36,39). The normalized spacial score (nSPS) is 11.8. The zero-order chi connectivity index (χ0) is 30.4. The van der Waals surface area contributed by atoms with Crippen molar-refractivity contribution in [2.24, 2.45) is 0 Å². The molecule has 3 amide bonds. The van der Waals surface area contributed by atoms with E-state index >= 15 is 0 Å². The summed E-state index contributed by atoms with van der Waals surface area (Å²) in [6, 6.07) is 14.2. The molecule has 0 aliphatic rings. The molecule has 2 aromatic carbocycles. The number of hydrogen-bond acceptors (Lipinski definition) is 8. The summed E-state index contributed by atoms with van der Waals surface area (Å²) in [5, 5.41) is 8.72. The van der Waals surface area contributed by atoms with E-state index in [1.165, 1.54) is 37.6 Å². The first kappa shape index (κ1) is 30.0. The lowest BCUT2D eigenvalue weighted by Crippen LogP contribution is -2.40. The second-order valence-corrected chi connectivity index (χ2v) is 10.5. The zero-order valence-electron chi connectivity index (χ0n) is 23.3. The smallest absolute Gasteiger partial charge is 0.407 e. The summed E-state index contributed by atoms with van der Waals surface area (Å²) in [4.78, 5) is 61.7. The monoisotopic (exact) mass is 592 g/mol. The number of carbonyl (C=O) groups excluding carboxylic acids is 3. The van der Waals surface area contributed by atoms with E-state index in [4.69, 9.17) is 21.1 Å². The van der Waals surface area contributed by atoms with E-state index in [0.717, 1.165) is 5.56 Å². The number of halogens is 1. The molecule has 2 heterocycles. The molecule has 0 aliphatic heterocycles. The fraction of sp³-hybridized carbons (Fsp3) is 0.241. The van der Waals surface area contributed by atoms with Crippen molar-refractivity contribution in [2.45, 2.75) is 32.4 Å². The Labute approximate surface area is 245 Å². The molecule has 0 saturated heterocycles. The van der Waals surface area contributed by atoms with Gasteiger partial charge < -0.3 is 30.4 Å². The summed E-state index contributed by atoms with van der Waals surface area (Å²) < 4.78 is 10.3. The molecule has 4 aromatic rings. The summed E-state index contributed by atoms with van der Waals surface area (Å²) in [6.45, 7) is 5.31. The van der Waals surface area contributed by atoms with Crippen LogP contribution >= 0.6 is 11.6 Å². The van der Waals surface area contributed by atoms with E-state index in [-0.39, 0.29) is 40.0 Å². The predicted octanol–water partition coefficient (Wildman–Crippen LogP) is 4.23. The third-order valence-electron chi connectivity index (χ3n) is 5.83. The first-order valence-corrected chi connectivity index (χ1v) is 13.2. The maximum Gasteiger partial charge on any atom is 0.407 e. The maximum atomic E-state index is 13.3. The average Bonchev–Trinajstić information content (AvgIpc) is 2.95. The SMILES string of the molecule is COc1ncc2cc(C(=O)Nc3cc(C(=O)NC(CNC(=O)OC(C)(C)C)c4ccccc4)ccc3Cl)c(=O)[nH]c2n1. The minimum atomic E-state index is -0.753. The summed E-state index contributed by atoms with van der Waals surface area (Å²) in [6.07, 6.45) is 0.788. The number of pyridine rings is 1. The van der Waals surface area contributed by atoms with E-state index in [1.54, 1.807) is 20.8 Å². The predicted molar refractivity (Wildman–Crippen MR) is 157 cm³/mol. The van der Waals surface area contributed by atoms with Gasteiger partial charge in [0.25, 0.3) is 17.4 Å². The minimum Gasteiger partial charge on any atom is -0.467 e. The molecule has 4 N–H and O–H groups in total. The van der Waals surface area contributed by atoms with Crippen LogP contribution in [0.3, 0.4) is 0 Å². The quantitative estimate of drug-likeness (QED) is 0.236. The Morgan fingerprint density at radius 1 is 1.05 bits per heavy atom. The number of methoxy groups -OCH3 is 1. The Morgan fingerprint density at radius 3 is 2.48 bits per heavy atom. The highest BCUT2D eigenvalue weighted by atomic mass is 35.5. The molecule has 2 aromatic heterocycles. The number of fused-ring (bicyclic) bond motifs is 1. The van der Waals surface area contributed by atoms with Crippen LogP contribution in [0.15, 0.2) is 65.6 Å². The lowest BCUT2D eigenvalue weighted by atomic mass is 10.1. The zero-order valence-corrected chi connectivity index (χ0v) is 24.0. The molecule has 0 fully saturated rings. The molecule has 42 heavy (non-hydrogen) atoms. The van der Waals surface area contributed by atoms with E-state index < -0.39 is 35.1 Å². The lowest BCUT2D eigenvalue weighted by Gasteiger charge is -2.23. The summed E-state index contributed by atoms with van der Waals surface area (Å²) in [5.74, 6) is -1.24. The van der Waals surface area contributed by atoms with Crippen molar-refractivity contribution in [3.05, 3.63) is 92.9 Å². The molecule has 0 spiro atoms. The van der Waals surface area contributed by atoms with Crippen molar-refractivity contribution in [3.63, 3.8) is 0 Å². The van der Waals surface area contributed by atoms with Crippen molar-refractivity contribution < 1.29 is 23.9 Å². The average molecular weight is 593 g/mol. The number of carbonyl (C=O) groups is 3. The fourth-order valence-electron chi connectivity index (χ4n) is 3.87. The highest BCUT2D eigenvalue weighted by Crippen LogP contribution is 2.24. The number of aromatic amines is 1. The van der Waals surface area contributed by atoms with Crippen LogP contribution in [0.1, 0.15) is 53.1 Å². The highest BCUT2D eigenvalue weighted by molar-refractivity contribution is 6.34. The van der Waals surface area contributed by atoms with E-state index in [2.05, 4.69) is 30.9 Å². The molecule has 0 bridgehead atoms. The molecule has 218 valence electrons. The molecule has 1 atom stereocenters. The van der Waals surface area contributed by atoms with Crippen LogP contribution in [0.2, 0.25) is 5.02 Å². The first-order valence-electron chi connectivity index (χ1n) is 12.8. The number of anilines is 1. The van der Waals surface area contributed by atoms with Gasteiger partial charge in [0.05, 0.1) is 23.9 Å². The second-order valence-electron chi connectivity index (χ2n) is 10.1. The van der Waals surface area contributed by atoms with Gasteiger partial charge in [-0.15, -0.1) is 0 Å². The van der Waals surface area contributed by atoms with Crippen molar-refractivity contribution in [2.75, 3.05) is 19.0 Å². The van der Waals surface area contributed by atoms with Gasteiger partial charge in [-0.3, -0.25) is 14.4 Å². The minimum absolute atomic E-state index is 0.0577. The lowest BCUT2D eigenvalue weighted by molar-refractivity contribution is 0.0519. The van der Waals surface area contributed by atoms with Gasteiger partial charge >= 0.3 is 12.1 Å². The van der Waals surface area contributed by atoms with Crippen LogP contribution in [0.4, 0.5) is 10.5 Å². The molecule has 12 nitrogen and oxygen atoms in total. The van der Waals surface area contributed by atoms with Crippen LogP contribution in [0.5, 0.6) is 6.01 Å². The van der Waals surface area contributed by atoms with Crippen molar-refractivity contribution in [3.8, 4) is 6.01 Å². The maximum absolute atomic E-state index is 13.3. The van der Waals surface area contributed by atoms with Crippen molar-refractivity contribution in [1.29, 1.82) is 0 Å². The Bertz CT molecular complexity index is 1690. The Hall–Kier alpha value is -4.97. The molecule has 0 aliphatic carbocycles. The summed E-state index contributed by atoms with van der Waals surface area (Å²) in [7, 11) is 1.39. The number of nitrogens with one attached hydrogen (secondary N) is 4. The van der Waals surface area contributed by atoms with E-state index in [1.807, 2.05) is 30.3 Å². The van der Waals surface area contributed by atoms with Gasteiger partial charge in [-0.25, -0.2) is 9.78 Å². The number of aromatic nitrogens is 3. The van der Waals surface area contributed by atoms with E-state index in [9.17, 15) is 19.2 Å². The van der Waals surface area contributed by atoms with Gasteiger partial charge in [0, 0.05) is 23.7 Å². The number of amides is 3. The van der Waals surface area contributed by atoms with Crippen LogP contribution in [-0.4, -0.2) is 52.1 Å². The molecule has 0 radical (unpaired) electrons. The molecular formula is C29H29ClN6O6. The van der Waals surface area contributed by atoms with Gasteiger partial charge in [0.2, 0.25) is 0 Å². The van der Waals surface area contributed by atoms with Crippen LogP contribution in [0, 0.1) is 0 Å². The van der Waals surface area contributed by atoms with Crippen molar-refractivity contribution in [1.82, 2.24) is 25.6 Å². The summed E-state index contributed by atoms with van der Waals surface area (Å²) in [5.41, 5.74) is -0.327. The highest BCUT2D eigenvalue weighted by Gasteiger charge is 2.21.